The summed E-state index contributed by atoms with van der Waals surface area (Å²) in [5.74, 6) is 3.09. The summed E-state index contributed by atoms with van der Waals surface area (Å²) in [5.41, 5.74) is 0.689. The number of aryl methyl sites for hydroxylation is 2. The average Bonchev–Trinajstić information content (AvgIpc) is 3.18. The van der Waals surface area contributed by atoms with Crippen LogP contribution >= 0.6 is 11.8 Å². The van der Waals surface area contributed by atoms with Crippen molar-refractivity contribution < 1.29 is 13.9 Å². The minimum absolute atomic E-state index is 0.0103. The van der Waals surface area contributed by atoms with E-state index in [4.69, 9.17) is 9.15 Å². The summed E-state index contributed by atoms with van der Waals surface area (Å²) < 4.78 is 11.0. The third kappa shape index (κ3) is 4.08. The van der Waals surface area contributed by atoms with E-state index in [1.165, 1.54) is 0 Å². The first-order chi connectivity index (χ1) is 11.1. The predicted molar refractivity (Wildman–Crippen MR) is 90.0 cm³/mol. The van der Waals surface area contributed by atoms with Gasteiger partial charge in [-0.25, -0.2) is 4.98 Å². The van der Waals surface area contributed by atoms with E-state index in [1.807, 2.05) is 23.6 Å². The third-order valence-electron chi connectivity index (χ3n) is 4.47. The van der Waals surface area contributed by atoms with E-state index < -0.39 is 0 Å². The van der Waals surface area contributed by atoms with Crippen molar-refractivity contribution in [1.82, 2.24) is 14.8 Å². The van der Waals surface area contributed by atoms with Gasteiger partial charge in [-0.3, -0.25) is 9.69 Å². The van der Waals surface area contributed by atoms with Crippen molar-refractivity contribution in [3.8, 4) is 0 Å². The molecule has 7 heteroatoms. The standard InChI is InChI=1S/C16H25N3O3S/c1-12-15(22-13(2)17-12)16(20)19(14-3-10-23-11-14)5-4-18-6-8-21-9-7-18/h14H,3-11H2,1-2H3. The largest absolute Gasteiger partial charge is 0.436 e. The molecule has 2 aliphatic heterocycles. The zero-order chi connectivity index (χ0) is 16.2. The SMILES string of the molecule is Cc1nc(C)c(C(=O)N(CCN2CCOCC2)C2CCSC2)o1. The van der Waals surface area contributed by atoms with Gasteiger partial charge in [0.1, 0.15) is 0 Å². The fourth-order valence-electron chi connectivity index (χ4n) is 3.15. The van der Waals surface area contributed by atoms with Crippen molar-refractivity contribution in [2.24, 2.45) is 0 Å². The lowest BCUT2D eigenvalue weighted by atomic mass is 10.2. The van der Waals surface area contributed by atoms with Gasteiger partial charge < -0.3 is 14.1 Å². The maximum atomic E-state index is 13.0. The molecule has 23 heavy (non-hydrogen) atoms. The third-order valence-corrected chi connectivity index (χ3v) is 5.61. The van der Waals surface area contributed by atoms with E-state index >= 15 is 0 Å². The zero-order valence-electron chi connectivity index (χ0n) is 13.9. The lowest BCUT2D eigenvalue weighted by Gasteiger charge is -2.32. The Morgan fingerprint density at radius 2 is 2.17 bits per heavy atom. The van der Waals surface area contributed by atoms with Crippen LogP contribution in [0.3, 0.4) is 0 Å². The quantitative estimate of drug-likeness (QED) is 0.812. The second-order valence-corrected chi connectivity index (χ2v) is 7.27. The molecule has 2 fully saturated rings. The van der Waals surface area contributed by atoms with Crippen molar-refractivity contribution >= 4 is 17.7 Å². The fraction of sp³-hybridized carbons (Fsp3) is 0.750. The number of nitrogens with zero attached hydrogens (tertiary/aromatic N) is 3. The summed E-state index contributed by atoms with van der Waals surface area (Å²) in [5, 5.41) is 0. The number of hydrogen-bond acceptors (Lipinski definition) is 6. The molecular weight excluding hydrogens is 314 g/mol. The lowest BCUT2D eigenvalue weighted by molar-refractivity contribution is 0.0298. The molecule has 1 unspecified atom stereocenters. The Morgan fingerprint density at radius 1 is 1.39 bits per heavy atom. The molecule has 1 atom stereocenters. The molecule has 3 rings (SSSR count). The van der Waals surface area contributed by atoms with Crippen molar-refractivity contribution in [1.29, 1.82) is 0 Å². The van der Waals surface area contributed by atoms with Crippen LogP contribution in [0.4, 0.5) is 0 Å². The molecule has 0 saturated carbocycles. The van der Waals surface area contributed by atoms with Crippen LogP contribution in [-0.2, 0) is 4.74 Å². The molecule has 0 aliphatic carbocycles. The second-order valence-electron chi connectivity index (χ2n) is 6.12. The molecule has 0 spiro atoms. The van der Waals surface area contributed by atoms with E-state index in [0.29, 0.717) is 23.4 Å². The Bertz CT molecular complexity index is 537. The minimum atomic E-state index is -0.0103. The highest BCUT2D eigenvalue weighted by Gasteiger charge is 2.31. The number of oxazole rings is 1. The van der Waals surface area contributed by atoms with E-state index in [2.05, 4.69) is 9.88 Å². The van der Waals surface area contributed by atoms with Crippen LogP contribution in [-0.4, -0.2) is 77.6 Å². The summed E-state index contributed by atoms with van der Waals surface area (Å²) in [6.07, 6.45) is 1.06. The number of carbonyl (C=O) groups is 1. The maximum absolute atomic E-state index is 13.0. The number of thioether (sulfide) groups is 1. The number of morpholine rings is 1. The van der Waals surface area contributed by atoms with E-state index in [1.54, 1.807) is 6.92 Å². The Labute approximate surface area is 141 Å². The van der Waals surface area contributed by atoms with Crippen LogP contribution in [0.5, 0.6) is 0 Å². The second kappa shape index (κ2) is 7.68. The Hall–Kier alpha value is -1.05. The summed E-state index contributed by atoms with van der Waals surface area (Å²) in [4.78, 5) is 21.6. The van der Waals surface area contributed by atoms with E-state index in [0.717, 1.165) is 57.3 Å². The summed E-state index contributed by atoms with van der Waals surface area (Å²) >= 11 is 1.92. The normalized spacial score (nSPS) is 22.4. The predicted octanol–water partition coefficient (Wildman–Crippen LogP) is 1.57. The van der Waals surface area contributed by atoms with Gasteiger partial charge in [-0.2, -0.15) is 11.8 Å². The van der Waals surface area contributed by atoms with Gasteiger partial charge in [-0.05, 0) is 19.1 Å². The van der Waals surface area contributed by atoms with Crippen LogP contribution in [0, 0.1) is 13.8 Å². The van der Waals surface area contributed by atoms with Crippen molar-refractivity contribution in [2.45, 2.75) is 26.3 Å². The fourth-order valence-corrected chi connectivity index (χ4v) is 4.38. The summed E-state index contributed by atoms with van der Waals surface area (Å²) in [6.45, 7) is 8.72. The van der Waals surface area contributed by atoms with E-state index in [-0.39, 0.29) is 5.91 Å². The minimum Gasteiger partial charge on any atom is -0.436 e. The molecular formula is C16H25N3O3S. The summed E-state index contributed by atoms with van der Waals surface area (Å²) in [6, 6.07) is 0.304. The molecule has 0 N–H and O–H groups in total. The molecule has 6 nitrogen and oxygen atoms in total. The number of carbonyl (C=O) groups excluding carboxylic acids is 1. The number of rotatable bonds is 5. The first kappa shape index (κ1) is 16.8. The van der Waals surface area contributed by atoms with Crippen LogP contribution < -0.4 is 0 Å². The Morgan fingerprint density at radius 3 is 2.78 bits per heavy atom. The number of aromatic nitrogens is 1. The molecule has 128 valence electrons. The van der Waals surface area contributed by atoms with Crippen LogP contribution in [0.15, 0.2) is 4.42 Å². The highest BCUT2D eigenvalue weighted by Crippen LogP contribution is 2.25. The van der Waals surface area contributed by atoms with Crippen molar-refractivity contribution in [3.63, 3.8) is 0 Å². The monoisotopic (exact) mass is 339 g/mol. The van der Waals surface area contributed by atoms with E-state index in [9.17, 15) is 4.79 Å². The smallest absolute Gasteiger partial charge is 0.291 e. The van der Waals surface area contributed by atoms with Gasteiger partial charge in [-0.15, -0.1) is 0 Å². The van der Waals surface area contributed by atoms with Crippen LogP contribution in [0.25, 0.3) is 0 Å². The van der Waals surface area contributed by atoms with Gasteiger partial charge in [0.2, 0.25) is 5.76 Å². The number of ether oxygens (including phenoxy) is 1. The Kier molecular flexibility index (Phi) is 5.61. The zero-order valence-corrected chi connectivity index (χ0v) is 14.7. The maximum Gasteiger partial charge on any atom is 0.291 e. The molecule has 1 aromatic heterocycles. The van der Waals surface area contributed by atoms with Crippen LogP contribution in [0.1, 0.15) is 28.6 Å². The average molecular weight is 339 g/mol. The van der Waals surface area contributed by atoms with Crippen molar-refractivity contribution in [2.75, 3.05) is 50.9 Å². The molecule has 3 heterocycles. The van der Waals surface area contributed by atoms with Gasteiger partial charge in [0.15, 0.2) is 5.89 Å². The first-order valence-electron chi connectivity index (χ1n) is 8.28. The summed E-state index contributed by atoms with van der Waals surface area (Å²) in [7, 11) is 0. The molecule has 0 bridgehead atoms. The highest BCUT2D eigenvalue weighted by molar-refractivity contribution is 7.99. The van der Waals surface area contributed by atoms with Crippen LogP contribution in [0.2, 0.25) is 0 Å². The van der Waals surface area contributed by atoms with Gasteiger partial charge in [0.05, 0.1) is 18.9 Å². The van der Waals surface area contributed by atoms with Gasteiger partial charge in [-0.1, -0.05) is 0 Å². The van der Waals surface area contributed by atoms with Gasteiger partial charge in [0.25, 0.3) is 5.91 Å². The molecule has 0 aromatic carbocycles. The van der Waals surface area contributed by atoms with Gasteiger partial charge >= 0.3 is 0 Å². The molecule has 1 aromatic rings. The topological polar surface area (TPSA) is 58.8 Å². The number of hydrogen-bond donors (Lipinski definition) is 0. The molecule has 2 saturated heterocycles. The first-order valence-corrected chi connectivity index (χ1v) is 9.43. The Balaban J connectivity index is 1.69. The van der Waals surface area contributed by atoms with Crippen molar-refractivity contribution in [3.05, 3.63) is 17.3 Å². The molecule has 1 amide bonds. The van der Waals surface area contributed by atoms with Gasteiger partial charge in [0, 0.05) is 44.9 Å². The number of amides is 1. The highest BCUT2D eigenvalue weighted by atomic mass is 32.2. The molecule has 2 aliphatic rings. The lowest BCUT2D eigenvalue weighted by Crippen LogP contribution is -2.47. The molecule has 0 radical (unpaired) electrons.